The Bertz CT molecular complexity index is 1140. The third-order valence-corrected chi connectivity index (χ3v) is 8.49. The summed E-state index contributed by atoms with van der Waals surface area (Å²) in [7, 11) is -3.54. The zero-order valence-corrected chi connectivity index (χ0v) is 18.8. The summed E-state index contributed by atoms with van der Waals surface area (Å²) < 4.78 is 27.4. The van der Waals surface area contributed by atoms with Gasteiger partial charge < -0.3 is 5.32 Å². The lowest BCUT2D eigenvalue weighted by molar-refractivity contribution is -0.120. The Morgan fingerprint density at radius 3 is 2.47 bits per heavy atom. The van der Waals surface area contributed by atoms with Crippen molar-refractivity contribution >= 4 is 15.9 Å². The molecule has 5 rings (SSSR count). The smallest absolute Gasteiger partial charge is 0.269 e. The van der Waals surface area contributed by atoms with E-state index in [-0.39, 0.29) is 11.9 Å². The van der Waals surface area contributed by atoms with E-state index in [0.717, 1.165) is 12.0 Å². The number of aryl methyl sites for hydroxylation is 1. The highest BCUT2D eigenvalue weighted by Crippen LogP contribution is 2.41. The largest absolute Gasteiger partial charge is 0.347 e. The molecule has 2 aliphatic heterocycles. The van der Waals surface area contributed by atoms with Crippen molar-refractivity contribution in [3.63, 3.8) is 0 Å². The predicted molar refractivity (Wildman–Crippen MR) is 120 cm³/mol. The van der Waals surface area contributed by atoms with Gasteiger partial charge >= 0.3 is 0 Å². The predicted octanol–water partition coefficient (Wildman–Crippen LogP) is 2.61. The minimum Gasteiger partial charge on any atom is -0.347 e. The van der Waals surface area contributed by atoms with Crippen molar-refractivity contribution < 1.29 is 18.0 Å². The van der Waals surface area contributed by atoms with Crippen LogP contribution in [0, 0.1) is 6.92 Å². The lowest BCUT2D eigenvalue weighted by atomic mass is 9.92. The van der Waals surface area contributed by atoms with Gasteiger partial charge in [-0.3, -0.25) is 15.1 Å². The SMILES string of the molecule is Cc1ccc(S(=O)(=O)N2CCC3(C=C(C(=O)NC4CC4c4ccccc4)NO3)CC2)cc1. The van der Waals surface area contributed by atoms with Gasteiger partial charge in [0.1, 0.15) is 11.3 Å². The Labute approximate surface area is 188 Å². The van der Waals surface area contributed by atoms with E-state index in [1.165, 1.54) is 9.87 Å². The number of amides is 1. The van der Waals surface area contributed by atoms with Crippen LogP contribution in [0.3, 0.4) is 0 Å². The van der Waals surface area contributed by atoms with Crippen LogP contribution in [0.2, 0.25) is 0 Å². The summed E-state index contributed by atoms with van der Waals surface area (Å²) in [5, 5.41) is 3.07. The molecule has 0 aromatic heterocycles. The lowest BCUT2D eigenvalue weighted by Gasteiger charge is -2.35. The van der Waals surface area contributed by atoms with Crippen LogP contribution < -0.4 is 10.8 Å². The number of benzene rings is 2. The number of hydrogen-bond donors (Lipinski definition) is 2. The Morgan fingerprint density at radius 2 is 1.78 bits per heavy atom. The van der Waals surface area contributed by atoms with E-state index in [0.29, 0.717) is 42.4 Å². The summed E-state index contributed by atoms with van der Waals surface area (Å²) in [6, 6.07) is 17.2. The van der Waals surface area contributed by atoms with Crippen LogP contribution in [0.4, 0.5) is 0 Å². The molecule has 1 amide bonds. The normalized spacial score (nSPS) is 24.6. The van der Waals surface area contributed by atoms with E-state index in [9.17, 15) is 13.2 Å². The molecule has 32 heavy (non-hydrogen) atoms. The number of sulfonamides is 1. The van der Waals surface area contributed by atoms with E-state index < -0.39 is 15.6 Å². The van der Waals surface area contributed by atoms with Gasteiger partial charge in [-0.1, -0.05) is 48.0 Å². The maximum Gasteiger partial charge on any atom is 0.269 e. The molecule has 2 heterocycles. The standard InChI is InChI=1S/C24H27N3O4S/c1-17-7-9-19(10-8-17)32(29,30)27-13-11-24(12-14-27)16-22(26-31-24)23(28)25-21-15-20(21)18-5-3-2-4-6-18/h2-10,16,20-21,26H,11-15H2,1H3,(H,25,28). The van der Waals surface area contributed by atoms with E-state index in [1.807, 2.05) is 31.2 Å². The second-order valence-electron chi connectivity index (χ2n) is 8.88. The molecule has 1 saturated heterocycles. The van der Waals surface area contributed by atoms with Gasteiger partial charge in [-0.05, 0) is 50.0 Å². The molecule has 2 atom stereocenters. The average molecular weight is 454 g/mol. The third kappa shape index (κ3) is 4.05. The first-order valence-corrected chi connectivity index (χ1v) is 12.4. The maximum absolute atomic E-state index is 12.9. The minimum absolute atomic E-state index is 0.130. The third-order valence-electron chi connectivity index (χ3n) is 6.58. The van der Waals surface area contributed by atoms with Gasteiger partial charge in [0.15, 0.2) is 0 Å². The average Bonchev–Trinajstić information content (AvgIpc) is 3.45. The van der Waals surface area contributed by atoms with Crippen molar-refractivity contribution in [2.45, 2.75) is 48.6 Å². The van der Waals surface area contributed by atoms with Gasteiger partial charge in [0.05, 0.1) is 4.90 Å². The Kier molecular flexibility index (Phi) is 5.31. The molecular weight excluding hydrogens is 426 g/mol. The van der Waals surface area contributed by atoms with Crippen LogP contribution >= 0.6 is 0 Å². The van der Waals surface area contributed by atoms with Crippen LogP contribution in [0.25, 0.3) is 0 Å². The van der Waals surface area contributed by atoms with E-state index >= 15 is 0 Å². The zero-order chi connectivity index (χ0) is 22.3. The molecule has 3 aliphatic rings. The fraction of sp³-hybridized carbons (Fsp3) is 0.375. The number of rotatable bonds is 5. The van der Waals surface area contributed by atoms with E-state index in [1.54, 1.807) is 24.3 Å². The Balaban J connectivity index is 1.19. The fourth-order valence-electron chi connectivity index (χ4n) is 4.47. The molecule has 2 fully saturated rings. The molecule has 1 aliphatic carbocycles. The Hall–Kier alpha value is -2.68. The molecule has 0 radical (unpaired) electrons. The van der Waals surface area contributed by atoms with Gasteiger partial charge in [-0.15, -0.1) is 0 Å². The molecule has 1 spiro atoms. The number of nitrogens with one attached hydrogen (secondary N) is 2. The van der Waals surface area contributed by atoms with Crippen LogP contribution in [-0.2, 0) is 19.7 Å². The van der Waals surface area contributed by atoms with Gasteiger partial charge in [-0.2, -0.15) is 4.31 Å². The molecular formula is C24H27N3O4S. The van der Waals surface area contributed by atoms with Crippen molar-refractivity contribution in [3.8, 4) is 0 Å². The number of hydrogen-bond acceptors (Lipinski definition) is 5. The number of nitrogens with zero attached hydrogens (tertiary/aromatic N) is 1. The second-order valence-corrected chi connectivity index (χ2v) is 10.8. The highest BCUT2D eigenvalue weighted by Gasteiger charge is 2.44. The summed E-state index contributed by atoms with van der Waals surface area (Å²) in [6.07, 6.45) is 3.72. The molecule has 2 unspecified atom stereocenters. The van der Waals surface area contributed by atoms with Crippen LogP contribution in [0.5, 0.6) is 0 Å². The summed E-state index contributed by atoms with van der Waals surface area (Å²) in [6.45, 7) is 2.60. The summed E-state index contributed by atoms with van der Waals surface area (Å²) in [5.74, 6) is 0.173. The first-order valence-electron chi connectivity index (χ1n) is 11.0. The van der Waals surface area contributed by atoms with Crippen molar-refractivity contribution in [1.82, 2.24) is 15.1 Å². The number of hydroxylamine groups is 1. The first-order chi connectivity index (χ1) is 15.4. The highest BCUT2D eigenvalue weighted by atomic mass is 32.2. The molecule has 7 nitrogen and oxygen atoms in total. The van der Waals surface area contributed by atoms with Crippen LogP contribution in [0.15, 0.2) is 71.3 Å². The van der Waals surface area contributed by atoms with Crippen molar-refractivity contribution in [2.75, 3.05) is 13.1 Å². The molecule has 8 heteroatoms. The van der Waals surface area contributed by atoms with Crippen molar-refractivity contribution in [1.29, 1.82) is 0 Å². The van der Waals surface area contributed by atoms with Gasteiger partial charge in [0.2, 0.25) is 10.0 Å². The Morgan fingerprint density at radius 1 is 1.09 bits per heavy atom. The van der Waals surface area contributed by atoms with Crippen molar-refractivity contribution in [2.24, 2.45) is 0 Å². The maximum atomic E-state index is 12.9. The van der Waals surface area contributed by atoms with Gasteiger partial charge in [0, 0.05) is 25.0 Å². The topological polar surface area (TPSA) is 87.7 Å². The van der Waals surface area contributed by atoms with Crippen LogP contribution in [0.1, 0.15) is 36.3 Å². The second kappa shape index (κ2) is 8.03. The van der Waals surface area contributed by atoms with Gasteiger partial charge in [-0.25, -0.2) is 8.42 Å². The zero-order valence-electron chi connectivity index (χ0n) is 18.0. The fourth-order valence-corrected chi connectivity index (χ4v) is 5.91. The molecule has 1 saturated carbocycles. The minimum atomic E-state index is -3.54. The van der Waals surface area contributed by atoms with Gasteiger partial charge in [0.25, 0.3) is 5.91 Å². The van der Waals surface area contributed by atoms with Crippen LogP contribution in [-0.4, -0.2) is 43.4 Å². The number of carbonyl (C=O) groups excluding carboxylic acids is 1. The summed E-state index contributed by atoms with van der Waals surface area (Å²) >= 11 is 0. The molecule has 2 aromatic rings. The van der Waals surface area contributed by atoms with Crippen molar-refractivity contribution in [3.05, 3.63) is 77.5 Å². The quantitative estimate of drug-likeness (QED) is 0.727. The first kappa shape index (κ1) is 21.2. The monoisotopic (exact) mass is 453 g/mol. The van der Waals surface area contributed by atoms with E-state index in [4.69, 9.17) is 4.84 Å². The lowest BCUT2D eigenvalue weighted by Crippen LogP contribution is -2.46. The molecule has 0 bridgehead atoms. The number of carbonyl (C=O) groups is 1. The molecule has 2 N–H and O–H groups in total. The highest BCUT2D eigenvalue weighted by molar-refractivity contribution is 7.89. The van der Waals surface area contributed by atoms with E-state index in [2.05, 4.69) is 22.9 Å². The molecule has 168 valence electrons. The summed E-state index contributed by atoms with van der Waals surface area (Å²) in [5.41, 5.74) is 4.78. The number of piperidine rings is 1. The summed E-state index contributed by atoms with van der Waals surface area (Å²) in [4.78, 5) is 18.8. The molecule has 2 aromatic carbocycles.